The average Bonchev–Trinajstić information content (AvgIpc) is 3.73. The van der Waals surface area contributed by atoms with Crippen LogP contribution in [0, 0.1) is 13.8 Å². The third-order valence-corrected chi connectivity index (χ3v) is 7.78. The minimum Gasteiger partial charge on any atom is -0.324 e. The number of benzene rings is 2. The standard InChI is InChI=1S/C30H26N12/c1-17-15-21-22(16-18(17)2)36-26(35-21)38-28-41-29(23-11-5-7-13-31-23)30(42-28,24-12-6-8-14-32-24)40-27(39-29)37-25-33-19-9-3-4-10-20(19)34-25/h3-16H,1-2H3,(H3,33,34,37,39,40)(H3,35,36,38,41,42). The normalized spacial score (nSPS) is 21.0. The number of H-pyrrole nitrogens is 2. The molecule has 2 unspecified atom stereocenters. The van der Waals surface area contributed by atoms with Crippen LogP contribution in [0.3, 0.4) is 0 Å². The summed E-state index contributed by atoms with van der Waals surface area (Å²) in [6, 6.07) is 23.5. The first-order valence-corrected chi connectivity index (χ1v) is 13.6. The predicted molar refractivity (Wildman–Crippen MR) is 160 cm³/mol. The van der Waals surface area contributed by atoms with E-state index in [2.05, 4.69) is 62.2 Å². The minimum absolute atomic E-state index is 0.459. The van der Waals surface area contributed by atoms with Crippen LogP contribution in [0.25, 0.3) is 22.1 Å². The van der Waals surface area contributed by atoms with E-state index in [1.165, 1.54) is 11.1 Å². The summed E-state index contributed by atoms with van der Waals surface area (Å²) in [5, 5.41) is 14.3. The van der Waals surface area contributed by atoms with E-state index in [0.717, 1.165) is 22.1 Å². The third kappa shape index (κ3) is 3.61. The zero-order valence-corrected chi connectivity index (χ0v) is 22.8. The van der Waals surface area contributed by atoms with E-state index in [4.69, 9.17) is 24.9 Å². The third-order valence-electron chi connectivity index (χ3n) is 7.78. The largest absolute Gasteiger partial charge is 0.324 e. The number of aliphatic imine (C=N–C) groups is 2. The number of nitrogens with one attached hydrogen (secondary N) is 6. The summed E-state index contributed by atoms with van der Waals surface area (Å²) in [7, 11) is 0. The van der Waals surface area contributed by atoms with Crippen molar-refractivity contribution in [2.45, 2.75) is 25.2 Å². The summed E-state index contributed by atoms with van der Waals surface area (Å²) in [6.45, 7) is 4.16. The Morgan fingerprint density at radius 1 is 0.571 bits per heavy atom. The summed E-state index contributed by atoms with van der Waals surface area (Å²) < 4.78 is 0. The van der Waals surface area contributed by atoms with Gasteiger partial charge in [0, 0.05) is 12.4 Å². The number of hydrogen-bond donors (Lipinski definition) is 6. The van der Waals surface area contributed by atoms with Crippen molar-refractivity contribution in [1.29, 1.82) is 0 Å². The Bertz CT molecular complexity index is 1890. The highest BCUT2D eigenvalue weighted by atomic mass is 15.6. The molecule has 2 aliphatic rings. The lowest BCUT2D eigenvalue weighted by Gasteiger charge is -2.36. The fourth-order valence-corrected chi connectivity index (χ4v) is 5.64. The number of pyridine rings is 2. The number of aromatic nitrogens is 6. The number of fused-ring (bicyclic) bond motifs is 3. The van der Waals surface area contributed by atoms with Crippen LogP contribution in [0.2, 0.25) is 0 Å². The summed E-state index contributed by atoms with van der Waals surface area (Å²) in [5.74, 6) is 1.87. The van der Waals surface area contributed by atoms with Crippen molar-refractivity contribution in [2.24, 2.45) is 9.98 Å². The van der Waals surface area contributed by atoms with Gasteiger partial charge in [0.05, 0.1) is 33.5 Å². The average molecular weight is 555 g/mol. The molecule has 42 heavy (non-hydrogen) atoms. The fraction of sp³-hybridized carbons (Fsp3) is 0.133. The summed E-state index contributed by atoms with van der Waals surface area (Å²) in [4.78, 5) is 35.1. The van der Waals surface area contributed by atoms with E-state index in [1.807, 2.05) is 60.7 Å². The lowest BCUT2D eigenvalue weighted by molar-refractivity contribution is 0.197. The first-order chi connectivity index (χ1) is 20.5. The van der Waals surface area contributed by atoms with Crippen molar-refractivity contribution in [3.05, 3.63) is 108 Å². The first kappa shape index (κ1) is 24.1. The van der Waals surface area contributed by atoms with Gasteiger partial charge in [0.25, 0.3) is 0 Å². The predicted octanol–water partition coefficient (Wildman–Crippen LogP) is 3.61. The van der Waals surface area contributed by atoms with Crippen molar-refractivity contribution in [1.82, 2.24) is 51.2 Å². The first-order valence-electron chi connectivity index (χ1n) is 13.6. The van der Waals surface area contributed by atoms with Gasteiger partial charge in [-0.15, -0.1) is 0 Å². The molecule has 0 spiro atoms. The number of guanidine groups is 2. The Hall–Kier alpha value is -5.78. The molecular weight excluding hydrogens is 528 g/mol. The quantitative estimate of drug-likeness (QED) is 0.193. The zero-order valence-electron chi connectivity index (χ0n) is 22.8. The number of para-hydroxylation sites is 2. The lowest BCUT2D eigenvalue weighted by Crippen LogP contribution is -2.61. The zero-order chi connectivity index (χ0) is 28.3. The molecule has 6 aromatic rings. The summed E-state index contributed by atoms with van der Waals surface area (Å²) in [6.07, 6.45) is 3.51. The van der Waals surface area contributed by atoms with Gasteiger partial charge in [0.1, 0.15) is 0 Å². The molecule has 6 heterocycles. The van der Waals surface area contributed by atoms with Crippen molar-refractivity contribution in [3.8, 4) is 0 Å². The number of hydrogen-bond acceptors (Lipinski definition) is 6. The van der Waals surface area contributed by atoms with E-state index >= 15 is 0 Å². The van der Waals surface area contributed by atoms with Gasteiger partial charge in [0.2, 0.25) is 35.1 Å². The number of imidazole rings is 2. The molecule has 12 nitrogen and oxygen atoms in total. The SMILES string of the molecule is Cc1cc2nc(N=C3NC4(c5ccccn5)NC(=Nc5nc6ccccc6[nH]5)NC4(c4ccccn4)N3)[nH]c2cc1C. The Morgan fingerprint density at radius 3 is 1.67 bits per heavy atom. The molecule has 6 N–H and O–H groups in total. The molecule has 2 aliphatic heterocycles. The van der Waals surface area contributed by atoms with Crippen LogP contribution in [0.5, 0.6) is 0 Å². The molecule has 0 amide bonds. The Balaban J connectivity index is 1.27. The topological polar surface area (TPSA) is 156 Å². The molecule has 2 saturated heterocycles. The molecule has 8 rings (SSSR count). The van der Waals surface area contributed by atoms with Crippen LogP contribution >= 0.6 is 0 Å². The van der Waals surface area contributed by atoms with Crippen LogP contribution in [0.15, 0.2) is 95.2 Å². The van der Waals surface area contributed by atoms with Gasteiger partial charge >= 0.3 is 0 Å². The van der Waals surface area contributed by atoms with E-state index in [0.29, 0.717) is 35.2 Å². The molecule has 2 fully saturated rings. The van der Waals surface area contributed by atoms with Crippen LogP contribution in [0.4, 0.5) is 11.9 Å². The maximum absolute atomic E-state index is 4.85. The Morgan fingerprint density at radius 2 is 1.10 bits per heavy atom. The van der Waals surface area contributed by atoms with Crippen molar-refractivity contribution in [2.75, 3.05) is 0 Å². The van der Waals surface area contributed by atoms with Crippen LogP contribution in [-0.2, 0) is 11.3 Å². The second-order valence-electron chi connectivity index (χ2n) is 10.4. The smallest absolute Gasteiger partial charge is 0.231 e. The van der Waals surface area contributed by atoms with Gasteiger partial charge in [-0.1, -0.05) is 24.3 Å². The molecule has 4 aromatic heterocycles. The van der Waals surface area contributed by atoms with Gasteiger partial charge in [-0.3, -0.25) is 9.97 Å². The fourth-order valence-electron chi connectivity index (χ4n) is 5.64. The number of nitrogens with zero attached hydrogens (tertiary/aromatic N) is 6. The highest BCUT2D eigenvalue weighted by Gasteiger charge is 2.67. The molecule has 2 atom stereocenters. The van der Waals surface area contributed by atoms with Gasteiger partial charge in [-0.25, -0.2) is 9.97 Å². The minimum atomic E-state index is -1.08. The lowest BCUT2D eigenvalue weighted by atomic mass is 9.88. The van der Waals surface area contributed by atoms with Crippen molar-refractivity contribution in [3.63, 3.8) is 0 Å². The van der Waals surface area contributed by atoms with Crippen LogP contribution < -0.4 is 21.3 Å². The van der Waals surface area contributed by atoms with Gasteiger partial charge < -0.3 is 31.2 Å². The van der Waals surface area contributed by atoms with Crippen LogP contribution in [0.1, 0.15) is 22.5 Å². The van der Waals surface area contributed by atoms with E-state index in [9.17, 15) is 0 Å². The molecule has 0 radical (unpaired) electrons. The molecule has 206 valence electrons. The van der Waals surface area contributed by atoms with Crippen molar-refractivity contribution < 1.29 is 0 Å². The summed E-state index contributed by atoms with van der Waals surface area (Å²) in [5.41, 5.74) is 5.11. The van der Waals surface area contributed by atoms with Gasteiger partial charge in [0.15, 0.2) is 0 Å². The van der Waals surface area contributed by atoms with Gasteiger partial charge in [-0.2, -0.15) is 9.98 Å². The maximum atomic E-state index is 4.85. The number of aryl methyl sites for hydroxylation is 2. The molecular formula is C30H26N12. The van der Waals surface area contributed by atoms with E-state index in [-0.39, 0.29) is 0 Å². The van der Waals surface area contributed by atoms with Crippen molar-refractivity contribution >= 4 is 45.9 Å². The number of rotatable bonds is 4. The second kappa shape index (κ2) is 8.86. The van der Waals surface area contributed by atoms with Crippen LogP contribution in [-0.4, -0.2) is 41.8 Å². The van der Waals surface area contributed by atoms with E-state index < -0.39 is 11.3 Å². The maximum Gasteiger partial charge on any atom is 0.231 e. The van der Waals surface area contributed by atoms with Gasteiger partial charge in [-0.05, 0) is 73.5 Å². The molecule has 2 aromatic carbocycles. The molecule has 0 saturated carbocycles. The summed E-state index contributed by atoms with van der Waals surface area (Å²) >= 11 is 0. The highest BCUT2D eigenvalue weighted by molar-refractivity contribution is 5.95. The monoisotopic (exact) mass is 554 g/mol. The second-order valence-corrected chi connectivity index (χ2v) is 10.4. The molecule has 0 aliphatic carbocycles. The van der Waals surface area contributed by atoms with E-state index in [1.54, 1.807) is 12.4 Å². The molecule has 0 bridgehead atoms. The molecule has 12 heteroatoms. The highest BCUT2D eigenvalue weighted by Crippen LogP contribution is 2.42. The Kier molecular flexibility index (Phi) is 5.07. The Labute approximate surface area is 239 Å². The number of aromatic amines is 2.